The van der Waals surface area contributed by atoms with Crippen LogP contribution < -0.4 is 15.8 Å². The van der Waals surface area contributed by atoms with Gasteiger partial charge < -0.3 is 15.3 Å². The van der Waals surface area contributed by atoms with Crippen molar-refractivity contribution < 1.29 is 5.11 Å². The van der Waals surface area contributed by atoms with E-state index < -0.39 is 5.60 Å². The van der Waals surface area contributed by atoms with Gasteiger partial charge in [-0.15, -0.1) is 6.58 Å². The van der Waals surface area contributed by atoms with Gasteiger partial charge in [0.25, 0.3) is 5.56 Å². The molecule has 4 aromatic rings. The maximum absolute atomic E-state index is 13.3. The zero-order valence-corrected chi connectivity index (χ0v) is 22.9. The molecule has 40 heavy (non-hydrogen) atoms. The highest BCUT2D eigenvalue weighted by Gasteiger charge is 2.41. The fraction of sp³-hybridized carbons (Fsp3) is 0.400. The molecule has 2 fully saturated rings. The van der Waals surface area contributed by atoms with Crippen LogP contribution in [0.25, 0.3) is 16.9 Å². The number of piperazine rings is 1. The van der Waals surface area contributed by atoms with Gasteiger partial charge >= 0.3 is 0 Å². The lowest BCUT2D eigenvalue weighted by Gasteiger charge is -2.33. The number of aryl methyl sites for hydroxylation is 1. The largest absolute Gasteiger partial charge is 0.384 e. The molecule has 0 radical (unpaired) electrons. The number of hydrogen-bond donors (Lipinski definition) is 2. The van der Waals surface area contributed by atoms with Crippen molar-refractivity contribution in [3.05, 3.63) is 76.9 Å². The topological polar surface area (TPSA) is 104 Å². The fourth-order valence-electron chi connectivity index (χ4n) is 6.66. The third kappa shape index (κ3) is 3.85. The van der Waals surface area contributed by atoms with E-state index in [1.807, 2.05) is 31.2 Å². The molecule has 0 unspecified atom stereocenters. The van der Waals surface area contributed by atoms with Gasteiger partial charge in [-0.3, -0.25) is 9.69 Å². The summed E-state index contributed by atoms with van der Waals surface area (Å²) in [5, 5.41) is 14.9. The average Bonchev–Trinajstić information content (AvgIpc) is 3.71. The number of aromatic nitrogens is 5. The van der Waals surface area contributed by atoms with Crippen molar-refractivity contribution in [3.8, 4) is 5.82 Å². The third-order valence-corrected chi connectivity index (χ3v) is 8.96. The second kappa shape index (κ2) is 9.28. The third-order valence-electron chi connectivity index (χ3n) is 8.96. The number of nitrogens with zero attached hydrogens (tertiary/aromatic N) is 7. The molecule has 0 saturated carbocycles. The van der Waals surface area contributed by atoms with Gasteiger partial charge in [0.2, 0.25) is 5.95 Å². The Morgan fingerprint density at radius 2 is 1.98 bits per heavy atom. The van der Waals surface area contributed by atoms with Crippen LogP contribution in [-0.4, -0.2) is 66.5 Å². The highest BCUT2D eigenvalue weighted by atomic mass is 16.3. The van der Waals surface area contributed by atoms with Gasteiger partial charge in [0.05, 0.1) is 12.2 Å². The molecule has 1 aliphatic carbocycles. The van der Waals surface area contributed by atoms with Gasteiger partial charge in [-0.1, -0.05) is 19.1 Å². The summed E-state index contributed by atoms with van der Waals surface area (Å²) in [6.45, 7) is 8.26. The first-order valence-electron chi connectivity index (χ1n) is 14.0. The number of fused-ring (bicyclic) bond motifs is 4. The summed E-state index contributed by atoms with van der Waals surface area (Å²) >= 11 is 0. The quantitative estimate of drug-likeness (QED) is 0.346. The maximum Gasteiger partial charge on any atom is 0.278 e. The lowest BCUT2D eigenvalue weighted by Crippen LogP contribution is -2.44. The van der Waals surface area contributed by atoms with Crippen molar-refractivity contribution in [1.82, 2.24) is 29.2 Å². The van der Waals surface area contributed by atoms with E-state index in [2.05, 4.69) is 45.9 Å². The van der Waals surface area contributed by atoms with Crippen LogP contribution in [0.5, 0.6) is 0 Å². The highest BCUT2D eigenvalue weighted by molar-refractivity contribution is 5.77. The Balaban J connectivity index is 1.23. The predicted octanol–water partition coefficient (Wildman–Crippen LogP) is 3.34. The van der Waals surface area contributed by atoms with Crippen molar-refractivity contribution in [3.63, 3.8) is 0 Å². The summed E-state index contributed by atoms with van der Waals surface area (Å²) in [4.78, 5) is 32.4. The van der Waals surface area contributed by atoms with Gasteiger partial charge in [0, 0.05) is 42.7 Å². The monoisotopic (exact) mass is 538 g/mol. The first kappa shape index (κ1) is 25.0. The number of rotatable bonds is 7. The normalized spacial score (nSPS) is 23.7. The van der Waals surface area contributed by atoms with Crippen molar-refractivity contribution in [2.75, 3.05) is 30.4 Å². The van der Waals surface area contributed by atoms with Crippen LogP contribution in [-0.2, 0) is 18.6 Å². The Morgan fingerprint density at radius 1 is 1.15 bits per heavy atom. The minimum Gasteiger partial charge on any atom is -0.384 e. The van der Waals surface area contributed by atoms with Gasteiger partial charge in [-0.25, -0.2) is 19.3 Å². The maximum atomic E-state index is 13.3. The molecule has 10 nitrogen and oxygen atoms in total. The second-order valence-electron chi connectivity index (χ2n) is 11.3. The average molecular weight is 539 g/mol. The van der Waals surface area contributed by atoms with Gasteiger partial charge in [-0.2, -0.15) is 4.98 Å². The Bertz CT molecular complexity index is 1670. The highest BCUT2D eigenvalue weighted by Crippen LogP contribution is 2.38. The molecular weight excluding hydrogens is 504 g/mol. The van der Waals surface area contributed by atoms with Crippen molar-refractivity contribution in [2.45, 2.75) is 56.8 Å². The Hall–Kier alpha value is -4.02. The molecule has 0 spiro atoms. The number of allylic oxidation sites excluding steroid dienone is 1. The van der Waals surface area contributed by atoms with E-state index in [1.54, 1.807) is 21.6 Å². The number of hydrogen-bond acceptors (Lipinski definition) is 8. The van der Waals surface area contributed by atoms with Crippen LogP contribution in [0.1, 0.15) is 37.4 Å². The minimum absolute atomic E-state index is 0.218. The molecule has 206 valence electrons. The standard InChI is InChI=1S/C30H34N8O2/c1-4-14-37-28(39)24-16-31-29(32-20-7-9-21(10-8-20)36-18-22-15-23(36)17-35(22)3)34-27(24)38(37)25-11-6-19-12-13-30(40,5-2)26(19)33-25/h4,6-11,16,22-23,40H,1,5,12-15,17-18H2,2-3H3,(H,31,32,34)/t22-,23-,30-/m0/s1. The van der Waals surface area contributed by atoms with Crippen molar-refractivity contribution in [2.24, 2.45) is 0 Å². The molecule has 3 atom stereocenters. The number of anilines is 3. The number of likely N-dealkylation sites (N-methyl/N-ethyl adjacent to an activating group) is 1. The Morgan fingerprint density at radius 3 is 2.67 bits per heavy atom. The van der Waals surface area contributed by atoms with Crippen molar-refractivity contribution in [1.29, 1.82) is 0 Å². The van der Waals surface area contributed by atoms with E-state index in [-0.39, 0.29) is 12.1 Å². The molecular formula is C30H34N8O2. The number of aliphatic hydroxyl groups is 1. The lowest BCUT2D eigenvalue weighted by molar-refractivity contribution is 0.0306. The molecule has 10 heteroatoms. The smallest absolute Gasteiger partial charge is 0.278 e. The Kier molecular flexibility index (Phi) is 5.79. The fourth-order valence-corrected chi connectivity index (χ4v) is 6.66. The van der Waals surface area contributed by atoms with Crippen molar-refractivity contribution >= 4 is 28.4 Å². The summed E-state index contributed by atoms with van der Waals surface area (Å²) in [7, 11) is 2.21. The first-order chi connectivity index (χ1) is 19.4. The molecule has 2 saturated heterocycles. The van der Waals surface area contributed by atoms with Crippen LogP contribution in [0.3, 0.4) is 0 Å². The summed E-state index contributed by atoms with van der Waals surface area (Å²) in [5.74, 6) is 0.916. The summed E-state index contributed by atoms with van der Waals surface area (Å²) in [6, 6.07) is 13.5. The molecule has 2 aliphatic heterocycles. The van der Waals surface area contributed by atoms with Crippen LogP contribution >= 0.6 is 0 Å². The molecule has 2 bridgehead atoms. The molecule has 3 aromatic heterocycles. The summed E-state index contributed by atoms with van der Waals surface area (Å²) in [6.07, 6.45) is 6.47. The molecule has 3 aliphatic rings. The minimum atomic E-state index is -0.962. The molecule has 7 rings (SSSR count). The van der Waals surface area contributed by atoms with Gasteiger partial charge in [-0.05, 0) is 68.6 Å². The van der Waals surface area contributed by atoms with E-state index >= 15 is 0 Å². The van der Waals surface area contributed by atoms with Crippen LogP contribution in [0.15, 0.2) is 60.0 Å². The molecule has 2 N–H and O–H groups in total. The SMILES string of the molecule is C=CCn1c(=O)c2cnc(Nc3ccc(N4C[C@@H]5C[C@H]4CN5C)cc3)nc2n1-c1ccc2c(n1)[C@](O)(CC)CC2. The van der Waals surface area contributed by atoms with E-state index in [0.717, 1.165) is 30.8 Å². The van der Waals surface area contributed by atoms with E-state index in [4.69, 9.17) is 9.97 Å². The molecule has 5 heterocycles. The zero-order chi connectivity index (χ0) is 27.6. The summed E-state index contributed by atoms with van der Waals surface area (Å²) < 4.78 is 3.27. The lowest BCUT2D eigenvalue weighted by atomic mass is 9.98. The number of nitrogens with one attached hydrogen (secondary N) is 1. The Labute approximate surface area is 232 Å². The molecule has 1 aromatic carbocycles. The van der Waals surface area contributed by atoms with E-state index in [9.17, 15) is 9.90 Å². The van der Waals surface area contributed by atoms with Crippen LogP contribution in [0.2, 0.25) is 0 Å². The number of benzene rings is 1. The van der Waals surface area contributed by atoms with E-state index in [0.29, 0.717) is 53.4 Å². The summed E-state index contributed by atoms with van der Waals surface area (Å²) in [5.41, 5.74) is 3.08. The van der Waals surface area contributed by atoms with Crippen LogP contribution in [0.4, 0.5) is 17.3 Å². The first-order valence-corrected chi connectivity index (χ1v) is 14.0. The van der Waals surface area contributed by atoms with Gasteiger partial charge in [0.15, 0.2) is 11.5 Å². The second-order valence-corrected chi connectivity index (χ2v) is 11.3. The van der Waals surface area contributed by atoms with Gasteiger partial charge in [0.1, 0.15) is 11.0 Å². The van der Waals surface area contributed by atoms with Crippen LogP contribution in [0, 0.1) is 0 Å². The predicted molar refractivity (Wildman–Crippen MR) is 156 cm³/mol. The number of likely N-dealkylation sites (tertiary alicyclic amines) is 1. The number of pyridine rings is 1. The molecule has 0 amide bonds. The zero-order valence-electron chi connectivity index (χ0n) is 22.9. The van der Waals surface area contributed by atoms with E-state index in [1.165, 1.54) is 12.1 Å².